The number of nitrogens with two attached hydrogens (primary N) is 1. The zero-order chi connectivity index (χ0) is 18.6. The summed E-state index contributed by atoms with van der Waals surface area (Å²) in [4.78, 5) is 28.8. The highest BCUT2D eigenvalue weighted by atomic mass is 16.6. The van der Waals surface area contributed by atoms with Gasteiger partial charge in [-0.3, -0.25) is 4.79 Å². The van der Waals surface area contributed by atoms with Gasteiger partial charge in [0.25, 0.3) is 0 Å². The molecule has 1 aromatic carbocycles. The Hall–Kier alpha value is -2.83. The molecular weight excluding hydrogens is 322 g/mol. The average Bonchev–Trinajstić information content (AvgIpc) is 2.90. The van der Waals surface area contributed by atoms with Crippen LogP contribution in [0.4, 0.5) is 10.5 Å². The van der Waals surface area contributed by atoms with Gasteiger partial charge in [0, 0.05) is 11.3 Å². The predicted molar refractivity (Wildman–Crippen MR) is 94.0 cm³/mol. The minimum absolute atomic E-state index is 0.0743. The maximum Gasteiger partial charge on any atom is 0.420 e. The number of anilines is 1. The summed E-state index contributed by atoms with van der Waals surface area (Å²) in [6.45, 7) is 7.31. The third-order valence-electron chi connectivity index (χ3n) is 3.21. The monoisotopic (exact) mass is 345 g/mol. The molecule has 0 amide bonds. The molecule has 25 heavy (non-hydrogen) atoms. The van der Waals surface area contributed by atoms with Crippen molar-refractivity contribution in [2.75, 3.05) is 12.3 Å². The van der Waals surface area contributed by atoms with Crippen LogP contribution in [0.15, 0.2) is 30.5 Å². The van der Waals surface area contributed by atoms with E-state index in [4.69, 9.17) is 15.2 Å². The lowest BCUT2D eigenvalue weighted by Gasteiger charge is -2.21. The Morgan fingerprint density at radius 2 is 1.84 bits per heavy atom. The molecule has 0 saturated heterocycles. The summed E-state index contributed by atoms with van der Waals surface area (Å²) in [5, 5.41) is 0. The summed E-state index contributed by atoms with van der Waals surface area (Å²) in [6, 6.07) is 6.95. The molecule has 0 saturated carbocycles. The standard InChI is InChI=1S/C18H23N3O4/c1-5-24-15(22)10-14-11-20-16(12-6-8-13(19)9-7-12)21(14)17(23)25-18(2,3)4/h6-9,11H,5,10,19H2,1-4H3. The van der Waals surface area contributed by atoms with Gasteiger partial charge in [-0.2, -0.15) is 0 Å². The van der Waals surface area contributed by atoms with Crippen molar-refractivity contribution in [3.05, 3.63) is 36.2 Å². The van der Waals surface area contributed by atoms with Crippen LogP contribution in [-0.2, 0) is 20.7 Å². The molecule has 7 nitrogen and oxygen atoms in total. The van der Waals surface area contributed by atoms with Gasteiger partial charge < -0.3 is 15.2 Å². The quantitative estimate of drug-likeness (QED) is 0.676. The number of carbonyl (C=O) groups excluding carboxylic acids is 2. The maximum absolute atomic E-state index is 12.7. The number of aromatic nitrogens is 2. The van der Waals surface area contributed by atoms with Crippen LogP contribution in [0.5, 0.6) is 0 Å². The van der Waals surface area contributed by atoms with Crippen molar-refractivity contribution in [3.8, 4) is 11.4 Å². The van der Waals surface area contributed by atoms with Crippen molar-refractivity contribution < 1.29 is 19.1 Å². The van der Waals surface area contributed by atoms with Gasteiger partial charge in [0.15, 0.2) is 0 Å². The zero-order valence-corrected chi connectivity index (χ0v) is 14.9. The number of ether oxygens (including phenoxy) is 2. The van der Waals surface area contributed by atoms with Gasteiger partial charge in [0.1, 0.15) is 11.4 Å². The van der Waals surface area contributed by atoms with E-state index in [0.29, 0.717) is 22.8 Å². The van der Waals surface area contributed by atoms with Crippen LogP contribution >= 0.6 is 0 Å². The molecule has 0 radical (unpaired) electrons. The number of nitrogen functional groups attached to an aromatic ring is 1. The van der Waals surface area contributed by atoms with Crippen LogP contribution in [0.1, 0.15) is 33.4 Å². The molecule has 0 atom stereocenters. The molecule has 0 aliphatic heterocycles. The molecule has 134 valence electrons. The Labute approximate surface area is 146 Å². The number of rotatable bonds is 4. The van der Waals surface area contributed by atoms with Crippen LogP contribution in [0, 0.1) is 0 Å². The number of imidazole rings is 1. The first-order valence-corrected chi connectivity index (χ1v) is 8.02. The lowest BCUT2D eigenvalue weighted by molar-refractivity contribution is -0.142. The van der Waals surface area contributed by atoms with Gasteiger partial charge in [-0.25, -0.2) is 14.3 Å². The molecule has 0 aliphatic rings. The van der Waals surface area contributed by atoms with Crippen LogP contribution in [0.2, 0.25) is 0 Å². The Morgan fingerprint density at radius 3 is 2.40 bits per heavy atom. The van der Waals surface area contributed by atoms with Crippen LogP contribution in [-0.4, -0.2) is 33.8 Å². The topological polar surface area (TPSA) is 96.4 Å². The van der Waals surface area contributed by atoms with Crippen molar-refractivity contribution >= 4 is 17.7 Å². The zero-order valence-electron chi connectivity index (χ0n) is 14.9. The van der Waals surface area contributed by atoms with E-state index in [1.54, 1.807) is 52.0 Å². The lowest BCUT2D eigenvalue weighted by atomic mass is 10.2. The van der Waals surface area contributed by atoms with Gasteiger partial charge in [-0.05, 0) is 52.0 Å². The highest BCUT2D eigenvalue weighted by molar-refractivity contribution is 5.81. The van der Waals surface area contributed by atoms with Gasteiger partial charge in [0.2, 0.25) is 0 Å². The highest BCUT2D eigenvalue weighted by Gasteiger charge is 2.25. The number of benzene rings is 1. The van der Waals surface area contributed by atoms with Crippen molar-refractivity contribution in [3.63, 3.8) is 0 Å². The van der Waals surface area contributed by atoms with E-state index < -0.39 is 17.7 Å². The normalized spacial score (nSPS) is 11.2. The fraction of sp³-hybridized carbons (Fsp3) is 0.389. The molecule has 1 heterocycles. The van der Waals surface area contributed by atoms with Crippen molar-refractivity contribution in [1.29, 1.82) is 0 Å². The number of hydrogen-bond acceptors (Lipinski definition) is 6. The molecule has 0 unspecified atom stereocenters. The van der Waals surface area contributed by atoms with E-state index >= 15 is 0 Å². The fourth-order valence-corrected chi connectivity index (χ4v) is 2.22. The number of hydrogen-bond donors (Lipinski definition) is 1. The second-order valence-corrected chi connectivity index (χ2v) is 6.49. The number of esters is 1. The van der Waals surface area contributed by atoms with Gasteiger partial charge >= 0.3 is 12.1 Å². The Balaban J connectivity index is 2.45. The van der Waals surface area contributed by atoms with Gasteiger partial charge in [0.05, 0.1) is 24.9 Å². The van der Waals surface area contributed by atoms with Crippen LogP contribution < -0.4 is 5.73 Å². The number of carbonyl (C=O) groups is 2. The summed E-state index contributed by atoms with van der Waals surface area (Å²) in [5.74, 6) is -0.0513. The molecule has 0 aliphatic carbocycles. The Bertz CT molecular complexity index is 758. The van der Waals surface area contributed by atoms with Crippen molar-refractivity contribution in [2.45, 2.75) is 39.7 Å². The van der Waals surface area contributed by atoms with E-state index in [9.17, 15) is 9.59 Å². The lowest BCUT2D eigenvalue weighted by Crippen LogP contribution is -2.29. The van der Waals surface area contributed by atoms with E-state index in [2.05, 4.69) is 4.98 Å². The second-order valence-electron chi connectivity index (χ2n) is 6.49. The van der Waals surface area contributed by atoms with Gasteiger partial charge in [-0.1, -0.05) is 0 Å². The molecule has 1 aromatic heterocycles. The Kier molecular flexibility index (Phi) is 5.46. The molecule has 2 rings (SSSR count). The predicted octanol–water partition coefficient (Wildman–Crippen LogP) is 3.02. The van der Waals surface area contributed by atoms with Crippen molar-refractivity contribution in [2.24, 2.45) is 0 Å². The first-order chi connectivity index (χ1) is 11.7. The molecule has 7 heteroatoms. The van der Waals surface area contributed by atoms with Gasteiger partial charge in [-0.15, -0.1) is 0 Å². The Morgan fingerprint density at radius 1 is 1.20 bits per heavy atom. The van der Waals surface area contributed by atoms with E-state index in [-0.39, 0.29) is 13.0 Å². The van der Waals surface area contributed by atoms with E-state index in [0.717, 1.165) is 0 Å². The number of nitrogens with zero attached hydrogens (tertiary/aromatic N) is 2. The molecule has 0 spiro atoms. The SMILES string of the molecule is CCOC(=O)Cc1cnc(-c2ccc(N)cc2)n1C(=O)OC(C)(C)C. The average molecular weight is 345 g/mol. The highest BCUT2D eigenvalue weighted by Crippen LogP contribution is 2.23. The first kappa shape index (κ1) is 18.5. The molecule has 0 bridgehead atoms. The first-order valence-electron chi connectivity index (χ1n) is 8.02. The minimum atomic E-state index is -0.680. The maximum atomic E-state index is 12.7. The minimum Gasteiger partial charge on any atom is -0.466 e. The molecule has 2 N–H and O–H groups in total. The van der Waals surface area contributed by atoms with Crippen LogP contribution in [0.25, 0.3) is 11.4 Å². The molecule has 2 aromatic rings. The summed E-state index contributed by atoms with van der Waals surface area (Å²) in [5.41, 5.74) is 6.73. The van der Waals surface area contributed by atoms with E-state index in [1.165, 1.54) is 10.8 Å². The molecule has 0 fully saturated rings. The fourth-order valence-electron chi connectivity index (χ4n) is 2.22. The van der Waals surface area contributed by atoms with Crippen LogP contribution in [0.3, 0.4) is 0 Å². The largest absolute Gasteiger partial charge is 0.466 e. The second kappa shape index (κ2) is 7.38. The smallest absolute Gasteiger partial charge is 0.420 e. The summed E-state index contributed by atoms with van der Waals surface area (Å²) in [7, 11) is 0. The summed E-state index contributed by atoms with van der Waals surface area (Å²) < 4.78 is 11.7. The third-order valence-corrected chi connectivity index (χ3v) is 3.21. The van der Waals surface area contributed by atoms with Crippen molar-refractivity contribution in [1.82, 2.24) is 9.55 Å². The third kappa shape index (κ3) is 4.82. The summed E-state index contributed by atoms with van der Waals surface area (Å²) >= 11 is 0. The molecular formula is C18H23N3O4. The van der Waals surface area contributed by atoms with E-state index in [1.807, 2.05) is 0 Å². The summed E-state index contributed by atoms with van der Waals surface area (Å²) in [6.07, 6.45) is 0.804.